The van der Waals surface area contributed by atoms with Gasteiger partial charge in [-0.1, -0.05) is 0 Å². The summed E-state index contributed by atoms with van der Waals surface area (Å²) in [6.07, 6.45) is -5.18. The highest BCUT2D eigenvalue weighted by molar-refractivity contribution is 6.61. The molecule has 3 saturated heterocycles. The van der Waals surface area contributed by atoms with Crippen molar-refractivity contribution in [3.05, 3.63) is 29.1 Å². The van der Waals surface area contributed by atoms with E-state index in [1.807, 2.05) is 0 Å². The van der Waals surface area contributed by atoms with Crippen molar-refractivity contribution in [2.45, 2.75) is 30.7 Å². The van der Waals surface area contributed by atoms with E-state index in [1.54, 1.807) is 0 Å². The van der Waals surface area contributed by atoms with Crippen LogP contribution in [0.4, 0.5) is 22.0 Å². The predicted molar refractivity (Wildman–Crippen MR) is 62.0 cm³/mol. The van der Waals surface area contributed by atoms with Crippen molar-refractivity contribution in [3.8, 4) is 0 Å². The van der Waals surface area contributed by atoms with E-state index in [0.29, 0.717) is 0 Å². The van der Waals surface area contributed by atoms with Gasteiger partial charge < -0.3 is 23.9 Å². The third-order valence-corrected chi connectivity index (χ3v) is 4.08. The molecule has 124 valence electrons. The van der Waals surface area contributed by atoms with Gasteiger partial charge in [0.05, 0.1) is 12.1 Å². The Morgan fingerprint density at radius 2 is 1.43 bits per heavy atom. The van der Waals surface area contributed by atoms with Crippen LogP contribution in [0.2, 0.25) is 0 Å². The lowest BCUT2D eigenvalue weighted by Crippen LogP contribution is -2.66. The third-order valence-electron chi connectivity index (χ3n) is 4.08. The maximum atomic E-state index is 13.9. The van der Waals surface area contributed by atoms with Crippen LogP contribution in [-0.4, -0.2) is 49.5 Å². The second kappa shape index (κ2) is 5.11. The molecule has 0 spiro atoms. The lowest BCUT2D eigenvalue weighted by molar-refractivity contribution is -0.243. The Bertz CT molecular complexity index is 627. The standard InChI is InChI=1S/C12H8BF5O5/c14-4-3(5(15)7(17)8(18)6(4)16)13-22-10-2-1-20-12(21-2)11(23-13)9(10)19/h2,9-12,19H,1H2/t2-,9+,10?,11?,12-/m1/s1. The number of rotatable bonds is 1. The molecule has 2 unspecified atom stereocenters. The van der Waals surface area contributed by atoms with Gasteiger partial charge in [0.2, 0.25) is 0 Å². The van der Waals surface area contributed by atoms with Gasteiger partial charge in [0.25, 0.3) is 0 Å². The average Bonchev–Trinajstić information content (AvgIpc) is 2.98. The Labute approximate surface area is 126 Å². The van der Waals surface area contributed by atoms with E-state index in [-0.39, 0.29) is 6.61 Å². The van der Waals surface area contributed by atoms with Crippen LogP contribution in [0.3, 0.4) is 0 Å². The SMILES string of the molecule is O[C@@H]1C2OB(c3c(F)c(F)c(F)c(F)c3F)OC1[C@H]1CO[C@@H]2O1. The van der Waals surface area contributed by atoms with Gasteiger partial charge in [-0.2, -0.15) is 0 Å². The van der Waals surface area contributed by atoms with Gasteiger partial charge >= 0.3 is 7.12 Å². The third kappa shape index (κ3) is 2.04. The summed E-state index contributed by atoms with van der Waals surface area (Å²) < 4.78 is 88.3. The molecule has 5 nitrogen and oxygen atoms in total. The summed E-state index contributed by atoms with van der Waals surface area (Å²) in [5.41, 5.74) is -1.25. The lowest BCUT2D eigenvalue weighted by Gasteiger charge is -2.44. The van der Waals surface area contributed by atoms with Crippen molar-refractivity contribution in [1.82, 2.24) is 0 Å². The van der Waals surface area contributed by atoms with E-state index in [9.17, 15) is 27.1 Å². The fourth-order valence-electron chi connectivity index (χ4n) is 2.95. The molecule has 1 N–H and O–H groups in total. The number of hydrogen-bond acceptors (Lipinski definition) is 5. The zero-order valence-corrected chi connectivity index (χ0v) is 11.1. The molecule has 1 aromatic rings. The second-order valence-electron chi connectivity index (χ2n) is 5.38. The highest BCUT2D eigenvalue weighted by Crippen LogP contribution is 2.36. The molecule has 0 radical (unpaired) electrons. The second-order valence-corrected chi connectivity index (χ2v) is 5.38. The highest BCUT2D eigenvalue weighted by Gasteiger charge is 2.58. The molecular weight excluding hydrogens is 330 g/mol. The highest BCUT2D eigenvalue weighted by atomic mass is 19.2. The van der Waals surface area contributed by atoms with Crippen LogP contribution in [0.1, 0.15) is 0 Å². The fraction of sp³-hybridized carbons (Fsp3) is 0.500. The van der Waals surface area contributed by atoms with Crippen LogP contribution < -0.4 is 5.46 Å². The molecule has 0 amide bonds. The van der Waals surface area contributed by atoms with Gasteiger partial charge in [0.15, 0.2) is 35.4 Å². The predicted octanol–water partition coefficient (Wildman–Crippen LogP) is -0.0227. The minimum absolute atomic E-state index is 0.0517. The summed E-state index contributed by atoms with van der Waals surface area (Å²) >= 11 is 0. The molecular formula is C12H8BF5O5. The van der Waals surface area contributed by atoms with Crippen molar-refractivity contribution in [2.24, 2.45) is 0 Å². The van der Waals surface area contributed by atoms with Crippen molar-refractivity contribution in [3.63, 3.8) is 0 Å². The molecule has 3 aliphatic rings. The average molecular weight is 338 g/mol. The maximum absolute atomic E-state index is 13.9. The molecule has 4 rings (SSSR count). The molecule has 3 heterocycles. The van der Waals surface area contributed by atoms with Crippen LogP contribution >= 0.6 is 0 Å². The molecule has 1 aromatic carbocycles. The largest absolute Gasteiger partial charge is 0.501 e. The van der Waals surface area contributed by atoms with Crippen LogP contribution in [0.15, 0.2) is 0 Å². The summed E-state index contributed by atoms with van der Waals surface area (Å²) in [6, 6.07) is 0. The van der Waals surface area contributed by atoms with Gasteiger partial charge in [0.1, 0.15) is 24.4 Å². The van der Waals surface area contributed by atoms with Gasteiger partial charge in [-0.3, -0.25) is 0 Å². The number of aliphatic hydroxyl groups is 1. The quantitative estimate of drug-likeness (QED) is 0.338. The van der Waals surface area contributed by atoms with E-state index < -0.39 is 72.4 Å². The van der Waals surface area contributed by atoms with Crippen molar-refractivity contribution >= 4 is 12.6 Å². The number of ether oxygens (including phenoxy) is 2. The van der Waals surface area contributed by atoms with Crippen molar-refractivity contribution in [2.75, 3.05) is 6.61 Å². The number of halogens is 5. The number of hydrogen-bond donors (Lipinski definition) is 1. The first-order chi connectivity index (χ1) is 10.9. The number of fused-ring (bicyclic) bond motifs is 6. The van der Waals surface area contributed by atoms with Crippen molar-refractivity contribution < 1.29 is 45.8 Å². The molecule has 3 fully saturated rings. The molecule has 0 saturated carbocycles. The molecule has 3 aliphatic heterocycles. The van der Waals surface area contributed by atoms with Gasteiger partial charge in [-0.05, 0) is 0 Å². The molecule has 23 heavy (non-hydrogen) atoms. The van der Waals surface area contributed by atoms with E-state index >= 15 is 0 Å². The smallest absolute Gasteiger partial charge is 0.399 e. The minimum atomic E-state index is -2.27. The topological polar surface area (TPSA) is 57.2 Å². The number of benzene rings is 1. The molecule has 0 aromatic heterocycles. The normalized spacial score (nSPS) is 35.7. The fourth-order valence-corrected chi connectivity index (χ4v) is 2.95. The zero-order chi connectivity index (χ0) is 16.5. The molecule has 11 heteroatoms. The number of aliphatic hydroxyl groups excluding tert-OH is 1. The maximum Gasteiger partial charge on any atom is 0.501 e. The summed E-state index contributed by atoms with van der Waals surface area (Å²) in [4.78, 5) is 0. The first kappa shape index (κ1) is 15.3. The lowest BCUT2D eigenvalue weighted by atomic mass is 9.74. The van der Waals surface area contributed by atoms with E-state index in [2.05, 4.69) is 0 Å². The Morgan fingerprint density at radius 3 is 2.09 bits per heavy atom. The Hall–Kier alpha value is -1.27. The van der Waals surface area contributed by atoms with E-state index in [0.717, 1.165) is 0 Å². The Balaban J connectivity index is 1.76. The molecule has 0 aliphatic carbocycles. The summed E-state index contributed by atoms with van der Waals surface area (Å²) in [5.74, 6) is -10.6. The van der Waals surface area contributed by atoms with E-state index in [4.69, 9.17) is 18.8 Å². The van der Waals surface area contributed by atoms with Crippen molar-refractivity contribution in [1.29, 1.82) is 0 Å². The zero-order valence-electron chi connectivity index (χ0n) is 11.1. The monoisotopic (exact) mass is 338 g/mol. The summed E-state index contributed by atoms with van der Waals surface area (Å²) in [5, 5.41) is 10.0. The van der Waals surface area contributed by atoms with Crippen LogP contribution in [-0.2, 0) is 18.8 Å². The first-order valence-corrected chi connectivity index (χ1v) is 6.67. The summed E-state index contributed by atoms with van der Waals surface area (Å²) in [6.45, 7) is 0.0517. The Morgan fingerprint density at radius 1 is 0.870 bits per heavy atom. The van der Waals surface area contributed by atoms with Gasteiger partial charge in [0, 0.05) is 0 Å². The van der Waals surface area contributed by atoms with Crippen LogP contribution in [0, 0.1) is 29.1 Å². The molecule has 5 atom stereocenters. The van der Waals surface area contributed by atoms with Crippen LogP contribution in [0.25, 0.3) is 0 Å². The molecule has 4 bridgehead atoms. The summed E-state index contributed by atoms with van der Waals surface area (Å²) in [7, 11) is -1.88. The first-order valence-electron chi connectivity index (χ1n) is 6.67. The Kier molecular flexibility index (Phi) is 3.40. The van der Waals surface area contributed by atoms with Gasteiger partial charge in [-0.15, -0.1) is 0 Å². The van der Waals surface area contributed by atoms with E-state index in [1.165, 1.54) is 0 Å². The minimum Gasteiger partial charge on any atom is -0.399 e. The van der Waals surface area contributed by atoms with Crippen LogP contribution in [0.5, 0.6) is 0 Å². The van der Waals surface area contributed by atoms with Gasteiger partial charge in [-0.25, -0.2) is 22.0 Å².